The maximum Gasteiger partial charge on any atom is 0.213 e. The second-order valence-corrected chi connectivity index (χ2v) is 4.51. The number of phenols is 1. The van der Waals surface area contributed by atoms with Gasteiger partial charge in [-0.1, -0.05) is 19.1 Å². The molecule has 2 rings (SSSR count). The lowest BCUT2D eigenvalue weighted by molar-refractivity contribution is 0.327. The Morgan fingerprint density at radius 2 is 1.90 bits per heavy atom. The lowest BCUT2D eigenvalue weighted by Crippen LogP contribution is -2.09. The largest absolute Gasteiger partial charge is 0.508 e. The van der Waals surface area contributed by atoms with Gasteiger partial charge in [-0.05, 0) is 37.1 Å². The maximum atomic E-state index is 9.34. The number of phenolic OH excluding ortho intramolecular Hbond substituents is 1. The van der Waals surface area contributed by atoms with Gasteiger partial charge in [0.15, 0.2) is 0 Å². The Hall–Kier alpha value is -2.23. The molecular formula is C16H20N2O2. The monoisotopic (exact) mass is 272 g/mol. The minimum absolute atomic E-state index is 0.190. The minimum atomic E-state index is 0.190. The molecule has 0 saturated heterocycles. The highest BCUT2D eigenvalue weighted by Crippen LogP contribution is 2.24. The van der Waals surface area contributed by atoms with Crippen LogP contribution in [0.25, 0.3) is 0 Å². The number of rotatable bonds is 6. The van der Waals surface area contributed by atoms with E-state index in [-0.39, 0.29) is 11.8 Å². The quantitative estimate of drug-likeness (QED) is 0.841. The van der Waals surface area contributed by atoms with Crippen molar-refractivity contribution in [2.45, 2.75) is 26.3 Å². The van der Waals surface area contributed by atoms with Gasteiger partial charge in [-0.2, -0.15) is 0 Å². The molecule has 0 bridgehead atoms. The van der Waals surface area contributed by atoms with Gasteiger partial charge in [0.25, 0.3) is 0 Å². The fourth-order valence-corrected chi connectivity index (χ4v) is 2.03. The number of aromatic nitrogens is 1. The molecule has 1 aromatic heterocycles. The van der Waals surface area contributed by atoms with Crippen LogP contribution in [-0.4, -0.2) is 16.7 Å². The number of aromatic hydroxyl groups is 1. The Morgan fingerprint density at radius 3 is 2.45 bits per heavy atom. The van der Waals surface area contributed by atoms with Crippen molar-refractivity contribution in [1.29, 1.82) is 0 Å². The van der Waals surface area contributed by atoms with E-state index in [0.29, 0.717) is 12.5 Å². The van der Waals surface area contributed by atoms with Gasteiger partial charge in [0.2, 0.25) is 5.88 Å². The second-order valence-electron chi connectivity index (χ2n) is 4.51. The highest BCUT2D eigenvalue weighted by molar-refractivity contribution is 5.45. The van der Waals surface area contributed by atoms with Gasteiger partial charge in [0.1, 0.15) is 5.75 Å². The summed E-state index contributed by atoms with van der Waals surface area (Å²) in [6.07, 6.45) is 2.71. The lowest BCUT2D eigenvalue weighted by atomic mass is 10.0. The van der Waals surface area contributed by atoms with Crippen molar-refractivity contribution in [1.82, 2.24) is 4.98 Å². The van der Waals surface area contributed by atoms with Crippen LogP contribution in [0.3, 0.4) is 0 Å². The van der Waals surface area contributed by atoms with Crippen molar-refractivity contribution < 1.29 is 9.84 Å². The number of benzene rings is 1. The third kappa shape index (κ3) is 3.63. The molecule has 1 aromatic carbocycles. The summed E-state index contributed by atoms with van der Waals surface area (Å²) >= 11 is 0. The van der Waals surface area contributed by atoms with E-state index in [1.165, 1.54) is 0 Å². The van der Waals surface area contributed by atoms with Gasteiger partial charge in [-0.15, -0.1) is 0 Å². The molecule has 1 unspecified atom stereocenters. The van der Waals surface area contributed by atoms with E-state index in [1.54, 1.807) is 18.3 Å². The van der Waals surface area contributed by atoms with E-state index < -0.39 is 0 Å². The Kier molecular flexibility index (Phi) is 4.82. The molecule has 1 atom stereocenters. The summed E-state index contributed by atoms with van der Waals surface area (Å²) < 4.78 is 5.32. The molecule has 0 saturated carbocycles. The third-order valence-electron chi connectivity index (χ3n) is 3.07. The molecule has 1 heterocycles. The van der Waals surface area contributed by atoms with Crippen molar-refractivity contribution in [3.05, 3.63) is 48.2 Å². The van der Waals surface area contributed by atoms with Crippen molar-refractivity contribution in [3.8, 4) is 11.6 Å². The first-order chi connectivity index (χ1) is 9.72. The average molecular weight is 272 g/mol. The molecule has 0 fully saturated rings. The number of nitrogens with one attached hydrogen (secondary N) is 1. The zero-order valence-electron chi connectivity index (χ0n) is 11.8. The molecule has 0 aliphatic carbocycles. The molecule has 2 N–H and O–H groups in total. The van der Waals surface area contributed by atoms with Gasteiger partial charge >= 0.3 is 0 Å². The normalized spacial score (nSPS) is 11.9. The Labute approximate surface area is 119 Å². The number of hydrogen-bond acceptors (Lipinski definition) is 4. The molecular weight excluding hydrogens is 252 g/mol. The van der Waals surface area contributed by atoms with E-state index in [0.717, 1.165) is 17.7 Å². The SMILES string of the molecule is CCOc1ccc(NC(CC)c2ccc(O)cc2)cn1. The summed E-state index contributed by atoms with van der Waals surface area (Å²) in [6, 6.07) is 11.3. The van der Waals surface area contributed by atoms with Crippen LogP contribution in [0.5, 0.6) is 11.6 Å². The van der Waals surface area contributed by atoms with Gasteiger partial charge < -0.3 is 15.2 Å². The summed E-state index contributed by atoms with van der Waals surface area (Å²) in [5.74, 6) is 0.919. The van der Waals surface area contributed by atoms with Crippen LogP contribution < -0.4 is 10.1 Å². The van der Waals surface area contributed by atoms with Gasteiger partial charge in [0.05, 0.1) is 24.5 Å². The van der Waals surface area contributed by atoms with Crippen molar-refractivity contribution in [2.24, 2.45) is 0 Å². The van der Waals surface area contributed by atoms with E-state index in [4.69, 9.17) is 4.74 Å². The molecule has 20 heavy (non-hydrogen) atoms. The third-order valence-corrected chi connectivity index (χ3v) is 3.07. The predicted molar refractivity (Wildman–Crippen MR) is 80.2 cm³/mol. The van der Waals surface area contributed by atoms with Crippen LogP contribution in [0.15, 0.2) is 42.6 Å². The van der Waals surface area contributed by atoms with Crippen LogP contribution in [0, 0.1) is 0 Å². The number of nitrogens with zero attached hydrogens (tertiary/aromatic N) is 1. The van der Waals surface area contributed by atoms with E-state index in [9.17, 15) is 5.11 Å². The first-order valence-corrected chi connectivity index (χ1v) is 6.87. The number of anilines is 1. The van der Waals surface area contributed by atoms with Gasteiger partial charge in [-0.3, -0.25) is 0 Å². The van der Waals surface area contributed by atoms with Crippen molar-refractivity contribution >= 4 is 5.69 Å². The summed E-state index contributed by atoms with van der Waals surface area (Å²) in [6.45, 7) is 4.67. The first kappa shape index (κ1) is 14.2. The summed E-state index contributed by atoms with van der Waals surface area (Å²) in [7, 11) is 0. The molecule has 4 heteroatoms. The maximum absolute atomic E-state index is 9.34. The predicted octanol–water partition coefficient (Wildman–Crippen LogP) is 3.75. The van der Waals surface area contributed by atoms with Crippen LogP contribution in [0.2, 0.25) is 0 Å². The first-order valence-electron chi connectivity index (χ1n) is 6.87. The smallest absolute Gasteiger partial charge is 0.213 e. The van der Waals surface area contributed by atoms with E-state index >= 15 is 0 Å². The minimum Gasteiger partial charge on any atom is -0.508 e. The molecule has 0 spiro atoms. The van der Waals surface area contributed by atoms with Crippen LogP contribution in [0.4, 0.5) is 5.69 Å². The summed E-state index contributed by atoms with van der Waals surface area (Å²) in [4.78, 5) is 4.24. The molecule has 0 amide bonds. The standard InChI is InChI=1S/C16H20N2O2/c1-3-15(12-5-8-14(19)9-6-12)18-13-7-10-16(17-11-13)20-4-2/h5-11,15,18-19H,3-4H2,1-2H3. The summed E-state index contributed by atoms with van der Waals surface area (Å²) in [5, 5.41) is 12.8. The highest BCUT2D eigenvalue weighted by Gasteiger charge is 2.09. The second kappa shape index (κ2) is 6.80. The summed E-state index contributed by atoms with van der Waals surface area (Å²) in [5.41, 5.74) is 2.09. The molecule has 106 valence electrons. The fraction of sp³-hybridized carbons (Fsp3) is 0.312. The number of ether oxygens (including phenoxy) is 1. The Balaban J connectivity index is 2.07. The molecule has 2 aromatic rings. The number of pyridine rings is 1. The Morgan fingerprint density at radius 1 is 1.15 bits per heavy atom. The number of hydrogen-bond donors (Lipinski definition) is 2. The molecule has 0 aliphatic heterocycles. The van der Waals surface area contributed by atoms with Gasteiger partial charge in [-0.25, -0.2) is 4.98 Å². The zero-order chi connectivity index (χ0) is 14.4. The van der Waals surface area contributed by atoms with Crippen LogP contribution in [0.1, 0.15) is 31.9 Å². The topological polar surface area (TPSA) is 54.4 Å². The molecule has 0 radical (unpaired) electrons. The van der Waals surface area contributed by atoms with Crippen LogP contribution in [-0.2, 0) is 0 Å². The Bertz CT molecular complexity index is 523. The highest BCUT2D eigenvalue weighted by atomic mass is 16.5. The lowest BCUT2D eigenvalue weighted by Gasteiger charge is -2.18. The fourth-order valence-electron chi connectivity index (χ4n) is 2.03. The van der Waals surface area contributed by atoms with Crippen LogP contribution >= 0.6 is 0 Å². The average Bonchev–Trinajstić information content (AvgIpc) is 2.48. The van der Waals surface area contributed by atoms with Crippen molar-refractivity contribution in [2.75, 3.05) is 11.9 Å². The van der Waals surface area contributed by atoms with E-state index in [1.807, 2.05) is 31.2 Å². The van der Waals surface area contributed by atoms with E-state index in [2.05, 4.69) is 17.2 Å². The molecule has 4 nitrogen and oxygen atoms in total. The zero-order valence-corrected chi connectivity index (χ0v) is 11.8. The van der Waals surface area contributed by atoms with Crippen molar-refractivity contribution in [3.63, 3.8) is 0 Å². The van der Waals surface area contributed by atoms with Gasteiger partial charge in [0, 0.05) is 6.07 Å². The molecule has 0 aliphatic rings.